The third kappa shape index (κ3) is 24.8. The van der Waals surface area contributed by atoms with Crippen molar-refractivity contribution < 1.29 is 35.1 Å². The van der Waals surface area contributed by atoms with E-state index in [1.54, 1.807) is 0 Å². The number of aliphatic hydroxyl groups is 5. The van der Waals surface area contributed by atoms with Crippen LogP contribution in [0.3, 0.4) is 0 Å². The van der Waals surface area contributed by atoms with Gasteiger partial charge in [-0.15, -0.1) is 0 Å². The molecule has 0 spiro atoms. The van der Waals surface area contributed by atoms with E-state index in [1.807, 2.05) is 6.92 Å². The molecule has 0 radical (unpaired) electrons. The molecule has 0 aromatic carbocycles. The van der Waals surface area contributed by atoms with E-state index in [1.165, 1.54) is 122 Å². The smallest absolute Gasteiger partial charge is 0.407 e. The van der Waals surface area contributed by atoms with Crippen LogP contribution >= 0.6 is 0 Å². The average molecular weight is 701 g/mol. The number of ether oxygens (including phenoxy) is 1. The molecule has 1 aliphatic rings. The molecule has 0 aliphatic heterocycles. The lowest BCUT2D eigenvalue weighted by Crippen LogP contribution is -2.56. The van der Waals surface area contributed by atoms with Crippen LogP contribution in [0.4, 0.5) is 4.79 Å². The Morgan fingerprint density at radius 3 is 1.57 bits per heavy atom. The van der Waals surface area contributed by atoms with Gasteiger partial charge in [-0.25, -0.2) is 4.79 Å². The number of unbranched alkanes of at least 4 members (excludes halogenated alkanes) is 21. The van der Waals surface area contributed by atoms with Gasteiger partial charge in [0.15, 0.2) is 0 Å². The topological polar surface area (TPSA) is 152 Å². The van der Waals surface area contributed by atoms with Crippen LogP contribution in [0, 0.1) is 0 Å². The quantitative estimate of drug-likeness (QED) is 0.0362. The van der Waals surface area contributed by atoms with Crippen molar-refractivity contribution in [2.45, 2.75) is 236 Å². The fourth-order valence-corrected chi connectivity index (χ4v) is 6.99. The molecule has 0 aromatic heterocycles. The Morgan fingerprint density at radius 1 is 0.653 bits per heavy atom. The Balaban J connectivity index is 2.09. The maximum atomic E-state index is 12.6. The number of carbonyl (C=O) groups is 1. The Kier molecular flexibility index (Phi) is 29.8. The normalized spacial score (nSPS) is 21.9. The van der Waals surface area contributed by atoms with Gasteiger partial charge in [0.05, 0.1) is 37.1 Å². The number of nitrogens with one attached hydrogen (secondary N) is 2. The summed E-state index contributed by atoms with van der Waals surface area (Å²) >= 11 is 0. The molecule has 9 nitrogen and oxygen atoms in total. The van der Waals surface area contributed by atoms with Crippen LogP contribution < -0.4 is 10.6 Å². The van der Waals surface area contributed by atoms with Crippen molar-refractivity contribution in [1.82, 2.24) is 10.6 Å². The lowest BCUT2D eigenvalue weighted by atomic mass is 9.90. The van der Waals surface area contributed by atoms with Gasteiger partial charge in [0.1, 0.15) is 6.10 Å². The van der Waals surface area contributed by atoms with Crippen LogP contribution in [0.2, 0.25) is 0 Å². The number of alkyl carbamates (subject to hydrolysis) is 1. The van der Waals surface area contributed by atoms with Gasteiger partial charge in [-0.05, 0) is 25.7 Å². The monoisotopic (exact) mass is 701 g/mol. The fraction of sp³-hybridized carbons (Fsp3) is 0.975. The molecular weight excluding hydrogens is 620 g/mol. The number of aliphatic hydroxyl groups excluding tert-OH is 5. The zero-order valence-corrected chi connectivity index (χ0v) is 31.8. The Labute approximate surface area is 300 Å². The summed E-state index contributed by atoms with van der Waals surface area (Å²) in [5.74, 6) is 0. The summed E-state index contributed by atoms with van der Waals surface area (Å²) in [5.41, 5.74) is 0. The highest BCUT2D eigenvalue weighted by atomic mass is 16.5. The zero-order chi connectivity index (χ0) is 36.0. The van der Waals surface area contributed by atoms with E-state index in [-0.39, 0.29) is 13.0 Å². The summed E-state index contributed by atoms with van der Waals surface area (Å²) in [5, 5.41) is 57.7. The average Bonchev–Trinajstić information content (AvgIpc) is 3.09. The Hall–Kier alpha value is -0.970. The van der Waals surface area contributed by atoms with Crippen LogP contribution in [-0.4, -0.2) is 87.4 Å². The molecular formula is C40H80N2O7. The Bertz CT molecular complexity index is 745. The van der Waals surface area contributed by atoms with Crippen LogP contribution in [0.25, 0.3) is 0 Å². The highest BCUT2D eigenvalue weighted by molar-refractivity contribution is 5.67. The lowest BCUT2D eigenvalue weighted by molar-refractivity contribution is -0.0817. The fourth-order valence-electron chi connectivity index (χ4n) is 6.99. The van der Waals surface area contributed by atoms with Gasteiger partial charge in [0.2, 0.25) is 0 Å². The van der Waals surface area contributed by atoms with Gasteiger partial charge in [0.25, 0.3) is 0 Å². The van der Waals surface area contributed by atoms with Gasteiger partial charge in [-0.2, -0.15) is 0 Å². The second-order valence-corrected chi connectivity index (χ2v) is 15.0. The van der Waals surface area contributed by atoms with Gasteiger partial charge in [-0.3, -0.25) is 0 Å². The van der Waals surface area contributed by atoms with Crippen molar-refractivity contribution in [1.29, 1.82) is 0 Å². The molecule has 7 atom stereocenters. The van der Waals surface area contributed by atoms with Crippen molar-refractivity contribution in [2.75, 3.05) is 13.2 Å². The number of amides is 1. The van der Waals surface area contributed by atoms with E-state index < -0.39 is 48.7 Å². The third-order valence-corrected chi connectivity index (χ3v) is 10.5. The summed E-state index contributed by atoms with van der Waals surface area (Å²) in [6.07, 6.45) is 26.5. The van der Waals surface area contributed by atoms with E-state index in [4.69, 9.17) is 4.74 Å². The van der Waals surface area contributed by atoms with Crippen LogP contribution in [0.15, 0.2) is 0 Å². The minimum absolute atomic E-state index is 0.0944. The van der Waals surface area contributed by atoms with Crippen molar-refractivity contribution in [3.05, 3.63) is 0 Å². The molecule has 1 fully saturated rings. The van der Waals surface area contributed by atoms with Gasteiger partial charge < -0.3 is 40.9 Å². The van der Waals surface area contributed by atoms with Crippen molar-refractivity contribution in [3.63, 3.8) is 0 Å². The minimum atomic E-state index is -1.26. The number of carbonyl (C=O) groups excluding carboxylic acids is 1. The molecule has 0 bridgehead atoms. The summed E-state index contributed by atoms with van der Waals surface area (Å²) < 4.78 is 5.40. The van der Waals surface area contributed by atoms with Gasteiger partial charge in [-0.1, -0.05) is 162 Å². The van der Waals surface area contributed by atoms with Gasteiger partial charge >= 0.3 is 6.09 Å². The van der Waals surface area contributed by atoms with E-state index in [0.717, 1.165) is 32.1 Å². The standard InChI is InChI=1S/C40H80N2O7/c1-3-5-6-7-8-9-10-11-12-13-14-15-16-17-18-19-20-21-22-23-24-27-30-49-40(48)42-35(37(45)31-33(43)4-2)32-41-34-28-25-26-29-36(44)39(47)38(34)46/h33-39,41,43-47H,3-32H2,1-2H3,(H,42,48). The van der Waals surface area contributed by atoms with Crippen molar-refractivity contribution in [2.24, 2.45) is 0 Å². The molecule has 49 heavy (non-hydrogen) atoms. The largest absolute Gasteiger partial charge is 0.450 e. The molecule has 0 aromatic rings. The Morgan fingerprint density at radius 2 is 1.10 bits per heavy atom. The number of hydrogen-bond donors (Lipinski definition) is 7. The van der Waals surface area contributed by atoms with Gasteiger partial charge in [0, 0.05) is 19.0 Å². The number of hydrogen-bond acceptors (Lipinski definition) is 8. The summed E-state index contributed by atoms with van der Waals surface area (Å²) in [6.45, 7) is 4.54. The van der Waals surface area contributed by atoms with Crippen molar-refractivity contribution in [3.8, 4) is 0 Å². The highest BCUT2D eigenvalue weighted by Crippen LogP contribution is 2.20. The molecule has 0 heterocycles. The number of rotatable bonds is 31. The summed E-state index contributed by atoms with van der Waals surface area (Å²) in [6, 6.07) is -1.25. The molecule has 7 unspecified atom stereocenters. The predicted molar refractivity (Wildman–Crippen MR) is 201 cm³/mol. The molecule has 1 amide bonds. The maximum Gasteiger partial charge on any atom is 0.407 e. The molecule has 1 rings (SSSR count). The van der Waals surface area contributed by atoms with Crippen LogP contribution in [-0.2, 0) is 4.74 Å². The second-order valence-electron chi connectivity index (χ2n) is 15.0. The SMILES string of the molecule is CCCCCCCCCCCCCCCCCCCCCCCCOC(=O)NC(CNC1CCCCC(O)C(O)C1O)C(O)CC(O)CC. The summed E-state index contributed by atoms with van der Waals surface area (Å²) in [4.78, 5) is 12.6. The first-order valence-electron chi connectivity index (χ1n) is 20.9. The first-order chi connectivity index (χ1) is 23.8. The summed E-state index contributed by atoms with van der Waals surface area (Å²) in [7, 11) is 0. The van der Waals surface area contributed by atoms with E-state index in [2.05, 4.69) is 17.6 Å². The highest BCUT2D eigenvalue weighted by Gasteiger charge is 2.34. The molecule has 292 valence electrons. The van der Waals surface area contributed by atoms with Crippen molar-refractivity contribution >= 4 is 6.09 Å². The first kappa shape index (κ1) is 46.1. The minimum Gasteiger partial charge on any atom is -0.450 e. The first-order valence-corrected chi connectivity index (χ1v) is 20.9. The maximum absolute atomic E-state index is 12.6. The zero-order valence-electron chi connectivity index (χ0n) is 31.8. The molecule has 0 saturated heterocycles. The predicted octanol–water partition coefficient (Wildman–Crippen LogP) is 7.82. The molecule has 7 N–H and O–H groups in total. The molecule has 1 saturated carbocycles. The molecule has 9 heteroatoms. The third-order valence-electron chi connectivity index (χ3n) is 10.5. The lowest BCUT2D eigenvalue weighted by Gasteiger charge is -2.34. The van der Waals surface area contributed by atoms with E-state index in [9.17, 15) is 30.3 Å². The van der Waals surface area contributed by atoms with Crippen LogP contribution in [0.5, 0.6) is 0 Å². The molecule has 1 aliphatic carbocycles. The van der Waals surface area contributed by atoms with E-state index in [0.29, 0.717) is 25.9 Å². The van der Waals surface area contributed by atoms with E-state index >= 15 is 0 Å². The second kappa shape index (κ2) is 31.7. The van der Waals surface area contributed by atoms with Crippen LogP contribution in [0.1, 0.15) is 194 Å².